The number of nitrogens with one attached hydrogen (secondary N) is 1. The number of carbonyl (C=O) groups excluding carboxylic acids is 1. The Morgan fingerprint density at radius 1 is 1.21 bits per heavy atom. The summed E-state index contributed by atoms with van der Waals surface area (Å²) in [6, 6.07) is 0. The molecule has 0 aromatic heterocycles. The van der Waals surface area contributed by atoms with E-state index in [2.05, 4.69) is 5.32 Å². The molecule has 0 aliphatic rings. The second-order valence-corrected chi connectivity index (χ2v) is 6.83. The highest BCUT2D eigenvalue weighted by Crippen LogP contribution is 2.34. The van der Waals surface area contributed by atoms with Gasteiger partial charge in [0.05, 0.1) is 6.54 Å². The molecular formula is C10H22N2O5S2. The van der Waals surface area contributed by atoms with Gasteiger partial charge in [-0.05, 0) is 0 Å². The first-order valence-corrected chi connectivity index (χ1v) is 7.00. The van der Waals surface area contributed by atoms with Crippen molar-refractivity contribution in [2.75, 3.05) is 13.1 Å². The fourth-order valence-electron chi connectivity index (χ4n) is 0.407. The smallest absolute Gasteiger partial charge is 0.375 e. The van der Waals surface area contributed by atoms with E-state index in [0.717, 1.165) is 10.8 Å². The number of amides is 1. The van der Waals surface area contributed by atoms with Gasteiger partial charge in [0.1, 0.15) is 6.54 Å². The molecule has 5 N–H and O–H groups in total. The molecule has 0 fully saturated rings. The quantitative estimate of drug-likeness (QED) is 0.576. The maximum absolute atomic E-state index is 10.2. The summed E-state index contributed by atoms with van der Waals surface area (Å²) in [6.45, 7) is 5.40. The van der Waals surface area contributed by atoms with Gasteiger partial charge < -0.3 is 21.3 Å². The van der Waals surface area contributed by atoms with Crippen LogP contribution < -0.4 is 11.1 Å². The Balaban J connectivity index is -0.000000256. The molecule has 1 amide bonds. The van der Waals surface area contributed by atoms with E-state index in [1.165, 1.54) is 10.8 Å². The third kappa shape index (κ3) is 26.6. The largest absolute Gasteiger partial charge is 0.480 e. The standard InChI is InChI=1S/C5H10O2S2.C4H8N2O3.CH4/c1-5(2,3)9-8-4(6)7;5-1-3(7)6-2-4(8)9;/h1-3H3,(H,6,7);1-2,5H2,(H,6,7)(H,8,9);1H4. The van der Waals surface area contributed by atoms with Gasteiger partial charge in [-0.2, -0.15) is 0 Å². The van der Waals surface area contributed by atoms with E-state index in [9.17, 15) is 14.4 Å². The van der Waals surface area contributed by atoms with Crippen molar-refractivity contribution in [1.82, 2.24) is 5.32 Å². The van der Waals surface area contributed by atoms with Crippen LogP contribution in [-0.2, 0) is 9.59 Å². The molecule has 0 atom stereocenters. The fraction of sp³-hybridized carbons (Fsp3) is 0.700. The molecule has 0 heterocycles. The second kappa shape index (κ2) is 12.1. The van der Waals surface area contributed by atoms with Gasteiger partial charge in [-0.25, -0.2) is 4.79 Å². The lowest BCUT2D eigenvalue weighted by atomic mass is 10.3. The number of rotatable bonds is 4. The van der Waals surface area contributed by atoms with Crippen LogP contribution in [0.5, 0.6) is 0 Å². The summed E-state index contributed by atoms with van der Waals surface area (Å²) in [5, 5.41) is 17.5. The van der Waals surface area contributed by atoms with Gasteiger partial charge in [0.15, 0.2) is 0 Å². The first-order chi connectivity index (χ1) is 8.08. The monoisotopic (exact) mass is 314 g/mol. The lowest BCUT2D eigenvalue weighted by Gasteiger charge is -2.13. The van der Waals surface area contributed by atoms with E-state index in [1.807, 2.05) is 20.8 Å². The van der Waals surface area contributed by atoms with Crippen LogP contribution in [0.1, 0.15) is 28.2 Å². The maximum Gasteiger partial charge on any atom is 0.375 e. The maximum atomic E-state index is 10.2. The lowest BCUT2D eigenvalue weighted by Crippen LogP contribution is -2.34. The molecule has 0 saturated heterocycles. The van der Waals surface area contributed by atoms with Crippen LogP contribution in [0.2, 0.25) is 0 Å². The highest BCUT2D eigenvalue weighted by molar-refractivity contribution is 8.82. The lowest BCUT2D eigenvalue weighted by molar-refractivity contribution is -0.137. The highest BCUT2D eigenvalue weighted by atomic mass is 33.1. The zero-order valence-corrected chi connectivity index (χ0v) is 12.1. The van der Waals surface area contributed by atoms with Crippen molar-refractivity contribution < 1.29 is 24.6 Å². The molecule has 7 nitrogen and oxygen atoms in total. The molecule has 19 heavy (non-hydrogen) atoms. The Labute approximate surface area is 121 Å². The summed E-state index contributed by atoms with van der Waals surface area (Å²) < 4.78 is 0.0308. The second-order valence-electron chi connectivity index (χ2n) is 3.92. The molecule has 0 bridgehead atoms. The number of aliphatic carboxylic acids is 1. The number of hydrogen-bond acceptors (Lipinski definition) is 6. The highest BCUT2D eigenvalue weighted by Gasteiger charge is 2.13. The molecule has 0 spiro atoms. The normalized spacial score (nSPS) is 9.47. The Morgan fingerprint density at radius 2 is 1.68 bits per heavy atom. The van der Waals surface area contributed by atoms with Crippen LogP contribution in [0.3, 0.4) is 0 Å². The van der Waals surface area contributed by atoms with Crippen LogP contribution >= 0.6 is 21.6 Å². The van der Waals surface area contributed by atoms with E-state index in [0.29, 0.717) is 0 Å². The van der Waals surface area contributed by atoms with E-state index >= 15 is 0 Å². The van der Waals surface area contributed by atoms with Gasteiger partial charge in [-0.3, -0.25) is 9.59 Å². The van der Waals surface area contributed by atoms with E-state index in [1.54, 1.807) is 0 Å². The summed E-state index contributed by atoms with van der Waals surface area (Å²) in [6.07, 6.45) is 0. The van der Waals surface area contributed by atoms with Crippen molar-refractivity contribution in [2.45, 2.75) is 32.9 Å². The zero-order chi connectivity index (χ0) is 14.8. The Bertz CT molecular complexity index is 292. The third-order valence-electron chi connectivity index (χ3n) is 0.985. The third-order valence-corrected chi connectivity index (χ3v) is 3.89. The minimum absolute atomic E-state index is 0. The van der Waals surface area contributed by atoms with Gasteiger partial charge in [0.2, 0.25) is 5.91 Å². The van der Waals surface area contributed by atoms with Crippen molar-refractivity contribution in [3.8, 4) is 0 Å². The molecule has 0 aromatic carbocycles. The average Bonchev–Trinajstić information content (AvgIpc) is 2.23. The predicted molar refractivity (Wildman–Crippen MR) is 79.4 cm³/mol. The van der Waals surface area contributed by atoms with Gasteiger partial charge in [-0.1, -0.05) is 39.0 Å². The van der Waals surface area contributed by atoms with Crippen LogP contribution in [0.4, 0.5) is 4.79 Å². The molecule has 0 radical (unpaired) electrons. The van der Waals surface area contributed by atoms with E-state index in [4.69, 9.17) is 15.9 Å². The van der Waals surface area contributed by atoms with Crippen molar-refractivity contribution in [3.63, 3.8) is 0 Å². The van der Waals surface area contributed by atoms with E-state index in [-0.39, 0.29) is 25.3 Å². The average molecular weight is 314 g/mol. The SMILES string of the molecule is C.CC(C)(C)SSC(=O)O.NCC(=O)NCC(=O)O. The number of carbonyl (C=O) groups is 3. The number of nitrogens with two attached hydrogens (primary N) is 1. The number of carboxylic acid groups (broad SMARTS) is 2. The van der Waals surface area contributed by atoms with Gasteiger partial charge in [0, 0.05) is 15.5 Å². The fourth-order valence-corrected chi connectivity index (χ4v) is 1.69. The molecule has 0 rings (SSSR count). The molecule has 0 aliphatic heterocycles. The number of hydrogen-bond donors (Lipinski definition) is 4. The van der Waals surface area contributed by atoms with Crippen molar-refractivity contribution in [1.29, 1.82) is 0 Å². The topological polar surface area (TPSA) is 130 Å². The Kier molecular flexibility index (Phi) is 14.8. The van der Waals surface area contributed by atoms with Gasteiger partial charge in [0.25, 0.3) is 0 Å². The van der Waals surface area contributed by atoms with Crippen molar-refractivity contribution in [2.24, 2.45) is 5.73 Å². The van der Waals surface area contributed by atoms with Crippen molar-refractivity contribution in [3.05, 3.63) is 0 Å². The van der Waals surface area contributed by atoms with Crippen molar-refractivity contribution >= 4 is 38.8 Å². The molecule has 0 saturated carbocycles. The van der Waals surface area contributed by atoms with E-state index < -0.39 is 17.2 Å². The first kappa shape index (κ1) is 23.2. The Morgan fingerprint density at radius 3 is 1.89 bits per heavy atom. The summed E-state index contributed by atoms with van der Waals surface area (Å²) in [5.74, 6) is -1.53. The molecule has 0 aromatic rings. The van der Waals surface area contributed by atoms with Crippen LogP contribution in [0, 0.1) is 0 Å². The zero-order valence-electron chi connectivity index (χ0n) is 10.4. The van der Waals surface area contributed by atoms with Gasteiger partial charge >= 0.3 is 11.3 Å². The minimum atomic E-state index is -1.07. The summed E-state index contributed by atoms with van der Waals surface area (Å²) in [4.78, 5) is 30.0. The summed E-state index contributed by atoms with van der Waals surface area (Å²) in [5.41, 5.74) is 4.85. The molecular weight excluding hydrogens is 292 g/mol. The summed E-state index contributed by atoms with van der Waals surface area (Å²) in [7, 11) is 2.23. The Hall–Kier alpha value is -0.930. The van der Waals surface area contributed by atoms with Crippen LogP contribution in [0.15, 0.2) is 0 Å². The molecule has 0 aliphatic carbocycles. The predicted octanol–water partition coefficient (Wildman–Crippen LogP) is 1.63. The number of carboxylic acids is 1. The minimum Gasteiger partial charge on any atom is -0.480 e. The first-order valence-electron chi connectivity index (χ1n) is 4.85. The molecule has 0 unspecified atom stereocenters. The van der Waals surface area contributed by atoms with Crippen LogP contribution in [0.25, 0.3) is 0 Å². The van der Waals surface area contributed by atoms with Crippen LogP contribution in [-0.4, -0.2) is 45.2 Å². The molecule has 9 heteroatoms. The van der Waals surface area contributed by atoms with Gasteiger partial charge in [-0.15, -0.1) is 0 Å². The summed E-state index contributed by atoms with van der Waals surface area (Å²) >= 11 is 0. The molecule has 114 valence electrons.